The molecule has 4 atom stereocenters. The number of carbonyl (C=O) groups is 6. The number of hydrogen-bond donors (Lipinski definition) is 4. The molecule has 0 fully saturated rings. The molecule has 17 nitrogen and oxygen atoms in total. The molecule has 0 spiro atoms. The van der Waals surface area contributed by atoms with E-state index < -0.39 is 23.9 Å². The average molecular weight is 1100 g/mol. The van der Waals surface area contributed by atoms with Crippen LogP contribution >= 0.6 is 21.6 Å². The summed E-state index contributed by atoms with van der Waals surface area (Å²) in [5.41, 5.74) is 7.46. The number of ether oxygens (including phenoxy) is 4. The number of nitrogens with zero attached hydrogens (tertiary/aromatic N) is 3. The van der Waals surface area contributed by atoms with Gasteiger partial charge in [0.2, 0.25) is 17.7 Å². The zero-order valence-electron chi connectivity index (χ0n) is 44.9. The summed E-state index contributed by atoms with van der Waals surface area (Å²) in [6, 6.07) is 25.7. The lowest BCUT2D eigenvalue weighted by Crippen LogP contribution is -2.50. The Morgan fingerprint density at radius 1 is 0.744 bits per heavy atom. The van der Waals surface area contributed by atoms with E-state index in [4.69, 9.17) is 23.9 Å². The number of rotatable bonds is 22. The van der Waals surface area contributed by atoms with Gasteiger partial charge < -0.3 is 49.9 Å². The predicted molar refractivity (Wildman–Crippen MR) is 306 cm³/mol. The normalized spacial score (nSPS) is 16.6. The van der Waals surface area contributed by atoms with Crippen molar-refractivity contribution in [3.63, 3.8) is 0 Å². The molecule has 0 saturated carbocycles. The van der Waals surface area contributed by atoms with Crippen LogP contribution in [0.4, 0.5) is 28.4 Å². The van der Waals surface area contributed by atoms with Gasteiger partial charge in [0, 0.05) is 71.7 Å². The number of Topliss-reactive ketones (excluding diaryl/α,β-unsaturated/α-hetero) is 1. The molecule has 78 heavy (non-hydrogen) atoms. The van der Waals surface area contributed by atoms with Crippen LogP contribution < -0.4 is 50.0 Å². The number of aliphatic imine (C=N–C) groups is 1. The van der Waals surface area contributed by atoms with E-state index in [1.807, 2.05) is 53.4 Å². The highest BCUT2D eigenvalue weighted by molar-refractivity contribution is 8.77. The lowest BCUT2D eigenvalue weighted by Gasteiger charge is -2.23. The van der Waals surface area contributed by atoms with E-state index in [0.29, 0.717) is 88.1 Å². The summed E-state index contributed by atoms with van der Waals surface area (Å²) in [7, 11) is 6.38. The summed E-state index contributed by atoms with van der Waals surface area (Å²) in [5, 5.41) is 11.9. The number of para-hydroxylation sites is 2. The van der Waals surface area contributed by atoms with Crippen molar-refractivity contribution >= 4 is 91.6 Å². The molecule has 408 valence electrons. The SMILES string of the molecule is COc1cc2c(cc1OCc1cc(COc3cc4c(cc3OC)C(=O)N3c5ccccc5C[C@H]3CN4)cc(NC(=O)[C@H](C)NC(=O)[C@H](C)NC(=O)CCC(C)(C)SSCCCC(C)=O)c1)N=C[C@@H]1Cc3ccccc3N1C2=O. The minimum atomic E-state index is -1.01. The summed E-state index contributed by atoms with van der Waals surface area (Å²) in [4.78, 5) is 88.1. The van der Waals surface area contributed by atoms with E-state index in [-0.39, 0.29) is 60.0 Å². The van der Waals surface area contributed by atoms with Crippen LogP contribution in [0.1, 0.15) is 103 Å². The smallest absolute Gasteiger partial charge is 0.261 e. The number of ketones is 1. The predicted octanol–water partition coefficient (Wildman–Crippen LogP) is 9.40. The van der Waals surface area contributed by atoms with Crippen LogP contribution in [0.5, 0.6) is 23.0 Å². The largest absolute Gasteiger partial charge is 0.493 e. The molecular weight excluding hydrogens is 1030 g/mol. The van der Waals surface area contributed by atoms with Gasteiger partial charge in [0.25, 0.3) is 11.8 Å². The molecule has 0 radical (unpaired) electrons. The number of methoxy groups -OCH3 is 2. The van der Waals surface area contributed by atoms with Crippen molar-refractivity contribution in [1.82, 2.24) is 10.6 Å². The molecule has 0 bridgehead atoms. The van der Waals surface area contributed by atoms with Gasteiger partial charge >= 0.3 is 0 Å². The summed E-state index contributed by atoms with van der Waals surface area (Å²) >= 11 is 0. The number of amides is 5. The van der Waals surface area contributed by atoms with Crippen molar-refractivity contribution in [2.45, 2.75) is 115 Å². The van der Waals surface area contributed by atoms with Crippen LogP contribution in [0.15, 0.2) is 96.0 Å². The Balaban J connectivity index is 0.901. The molecule has 9 rings (SSSR count). The molecule has 0 saturated heterocycles. The molecule has 5 amide bonds. The number of benzene rings is 5. The second-order valence-electron chi connectivity index (χ2n) is 20.6. The number of carbonyl (C=O) groups excluding carboxylic acids is 6. The maximum atomic E-state index is 14.1. The molecule has 5 aromatic rings. The van der Waals surface area contributed by atoms with Crippen molar-refractivity contribution < 1.29 is 47.7 Å². The van der Waals surface area contributed by atoms with Gasteiger partial charge in [-0.15, -0.1) is 0 Å². The summed E-state index contributed by atoms with van der Waals surface area (Å²) in [5.74, 6) is 0.759. The molecule has 5 aromatic carbocycles. The highest BCUT2D eigenvalue weighted by atomic mass is 33.1. The van der Waals surface area contributed by atoms with Crippen molar-refractivity contribution in [2.75, 3.05) is 47.0 Å². The van der Waals surface area contributed by atoms with E-state index in [9.17, 15) is 28.8 Å². The van der Waals surface area contributed by atoms with Gasteiger partial charge in [-0.3, -0.25) is 33.9 Å². The Bertz CT molecular complexity index is 3180. The van der Waals surface area contributed by atoms with Gasteiger partial charge in [-0.2, -0.15) is 0 Å². The molecule has 4 heterocycles. The van der Waals surface area contributed by atoms with E-state index >= 15 is 0 Å². The first-order chi connectivity index (χ1) is 37.5. The lowest BCUT2D eigenvalue weighted by molar-refractivity contribution is -0.130. The van der Waals surface area contributed by atoms with E-state index in [1.54, 1.807) is 89.9 Å². The van der Waals surface area contributed by atoms with Gasteiger partial charge in [-0.05, 0) is 119 Å². The molecule has 4 aliphatic heterocycles. The van der Waals surface area contributed by atoms with Crippen LogP contribution in [0.2, 0.25) is 0 Å². The number of anilines is 4. The standard InChI is InChI=1S/C59H65N7O10S2/c1-34(67)13-12-20-77-78-59(4,5)19-18-54(68)62-35(2)55(69)63-36(3)56(70)64-41-22-37(32-75-52-28-46-44(26-50(52)73-6)57(71)65-42(30-60-46)24-39-14-8-10-16-48(39)65)21-38(23-41)33-76-53-29-47-45(27-51(53)74-7)58(72)66-43(31-61-47)25-40-15-9-11-17-49(40)66/h8-11,14-17,21-23,26-30,35-36,42-43,61H,12-13,18-20,24-25,31-33H2,1-7H3,(H,62,68)(H,63,69)(H,64,70)/t35-,36-,42-,43-/m0/s1. The zero-order valence-corrected chi connectivity index (χ0v) is 46.5. The topological polar surface area (TPSA) is 206 Å². The van der Waals surface area contributed by atoms with Gasteiger partial charge in [0.1, 0.15) is 31.1 Å². The second-order valence-corrected chi connectivity index (χ2v) is 23.7. The van der Waals surface area contributed by atoms with E-state index in [1.165, 1.54) is 14.2 Å². The Morgan fingerprint density at radius 2 is 1.36 bits per heavy atom. The van der Waals surface area contributed by atoms with Crippen molar-refractivity contribution in [3.8, 4) is 23.0 Å². The van der Waals surface area contributed by atoms with Crippen molar-refractivity contribution in [3.05, 3.63) is 124 Å². The van der Waals surface area contributed by atoms with Crippen LogP contribution in [0.25, 0.3) is 0 Å². The van der Waals surface area contributed by atoms with E-state index in [0.717, 1.165) is 41.1 Å². The molecule has 0 unspecified atom stereocenters. The zero-order chi connectivity index (χ0) is 55.3. The molecule has 19 heteroatoms. The third kappa shape index (κ3) is 12.6. The quantitative estimate of drug-likeness (QED) is 0.0377. The first-order valence-electron chi connectivity index (χ1n) is 26.1. The third-order valence-corrected chi connectivity index (χ3v) is 17.5. The number of fused-ring (bicyclic) bond motifs is 8. The number of nitrogens with one attached hydrogen (secondary N) is 4. The first-order valence-corrected chi connectivity index (χ1v) is 28.4. The molecule has 4 aliphatic rings. The van der Waals surface area contributed by atoms with Crippen LogP contribution in [-0.4, -0.2) is 97.0 Å². The fourth-order valence-corrected chi connectivity index (χ4v) is 12.7. The van der Waals surface area contributed by atoms with E-state index in [2.05, 4.69) is 41.2 Å². The maximum absolute atomic E-state index is 14.1. The van der Waals surface area contributed by atoms with Crippen LogP contribution in [0.3, 0.4) is 0 Å². The fraction of sp³-hybridized carbons (Fsp3) is 0.373. The summed E-state index contributed by atoms with van der Waals surface area (Å²) < 4.78 is 24.3. The fourth-order valence-electron chi connectivity index (χ4n) is 10.00. The Hall–Kier alpha value is -7.51. The molecule has 0 aromatic heterocycles. The lowest BCUT2D eigenvalue weighted by atomic mass is 10.1. The Kier molecular flexibility index (Phi) is 17.0. The minimum Gasteiger partial charge on any atom is -0.493 e. The highest BCUT2D eigenvalue weighted by Gasteiger charge is 2.39. The third-order valence-electron chi connectivity index (χ3n) is 14.1. The average Bonchev–Trinajstić information content (AvgIpc) is 3.97. The molecular formula is C59H65N7O10S2. The molecule has 4 N–H and O–H groups in total. The Labute approximate surface area is 462 Å². The summed E-state index contributed by atoms with van der Waals surface area (Å²) in [6.45, 7) is 9.35. The van der Waals surface area contributed by atoms with Gasteiger partial charge in [0.05, 0.1) is 48.8 Å². The van der Waals surface area contributed by atoms with Crippen molar-refractivity contribution in [2.24, 2.45) is 4.99 Å². The second kappa shape index (κ2) is 24.0. The molecule has 0 aliphatic carbocycles. The summed E-state index contributed by atoms with van der Waals surface area (Å²) in [6.07, 6.45) is 5.32. The number of hydrogen-bond acceptors (Lipinski definition) is 14. The maximum Gasteiger partial charge on any atom is 0.261 e. The first kappa shape index (κ1) is 55.3. The monoisotopic (exact) mass is 1100 g/mol. The van der Waals surface area contributed by atoms with Gasteiger partial charge in [-0.25, -0.2) is 0 Å². The van der Waals surface area contributed by atoms with Gasteiger partial charge in [-0.1, -0.05) is 58.0 Å². The Morgan fingerprint density at radius 3 is 2.04 bits per heavy atom. The van der Waals surface area contributed by atoms with Crippen molar-refractivity contribution in [1.29, 1.82) is 0 Å². The minimum absolute atomic E-state index is 0.00104. The van der Waals surface area contributed by atoms with Gasteiger partial charge in [0.15, 0.2) is 23.0 Å². The highest BCUT2D eigenvalue weighted by Crippen LogP contribution is 2.44. The van der Waals surface area contributed by atoms with Crippen LogP contribution in [0, 0.1) is 0 Å². The van der Waals surface area contributed by atoms with Crippen LogP contribution in [-0.2, 0) is 45.2 Å².